The maximum atomic E-state index is 12.3. The van der Waals surface area contributed by atoms with E-state index in [1.54, 1.807) is 6.07 Å². The van der Waals surface area contributed by atoms with Gasteiger partial charge in [-0.1, -0.05) is 0 Å². The molecule has 1 aliphatic heterocycles. The average Bonchev–Trinajstić information content (AvgIpc) is 2.75. The quantitative estimate of drug-likeness (QED) is 0.241. The molecule has 32 heavy (non-hydrogen) atoms. The van der Waals surface area contributed by atoms with Gasteiger partial charge in [0.2, 0.25) is 5.95 Å². The molecule has 0 aromatic carbocycles. The van der Waals surface area contributed by atoms with Crippen molar-refractivity contribution in [1.29, 1.82) is 0 Å². The van der Waals surface area contributed by atoms with Crippen molar-refractivity contribution in [3.63, 3.8) is 0 Å². The summed E-state index contributed by atoms with van der Waals surface area (Å²) in [5.74, 6) is -1.77. The van der Waals surface area contributed by atoms with Crippen LogP contribution >= 0.6 is 0 Å². The second kappa shape index (κ2) is 9.63. The lowest BCUT2D eigenvalue weighted by Crippen LogP contribution is -2.41. The Balaban J connectivity index is 1.54. The predicted molar refractivity (Wildman–Crippen MR) is 115 cm³/mol. The smallest absolute Gasteiger partial charge is 0.326 e. The summed E-state index contributed by atoms with van der Waals surface area (Å²) < 4.78 is 0. The molecule has 2 unspecified atom stereocenters. The third-order valence-electron chi connectivity index (χ3n) is 4.62. The normalized spacial score (nSPS) is 15.4. The van der Waals surface area contributed by atoms with E-state index in [2.05, 4.69) is 36.2 Å². The van der Waals surface area contributed by atoms with E-state index in [-0.39, 0.29) is 36.2 Å². The Bertz CT molecular complexity index is 1010. The molecule has 1 amide bonds. The molecule has 2 aromatic rings. The maximum absolute atomic E-state index is 12.3. The van der Waals surface area contributed by atoms with Crippen LogP contribution in [0, 0.1) is 0 Å². The number of amides is 1. The van der Waals surface area contributed by atoms with Crippen LogP contribution in [-0.4, -0.2) is 68.2 Å². The second-order valence-corrected chi connectivity index (χ2v) is 7.02. The van der Waals surface area contributed by atoms with E-state index in [0.717, 1.165) is 0 Å². The number of aromatic nitrogens is 3. The summed E-state index contributed by atoms with van der Waals surface area (Å²) in [4.78, 5) is 46.3. The van der Waals surface area contributed by atoms with Gasteiger partial charge in [0.05, 0.1) is 11.6 Å². The maximum Gasteiger partial charge on any atom is 0.326 e. The second-order valence-electron chi connectivity index (χ2n) is 7.02. The molecule has 3 heterocycles. The van der Waals surface area contributed by atoms with Crippen molar-refractivity contribution in [3.8, 4) is 0 Å². The molecule has 10 N–H and O–H groups in total. The summed E-state index contributed by atoms with van der Waals surface area (Å²) in [7, 11) is 0. The Morgan fingerprint density at radius 2 is 2.00 bits per heavy atom. The minimum absolute atomic E-state index is 0.0626. The summed E-state index contributed by atoms with van der Waals surface area (Å²) in [6.45, 7) is 1.01. The highest BCUT2D eigenvalue weighted by Crippen LogP contribution is 2.29. The summed E-state index contributed by atoms with van der Waals surface area (Å²) in [5, 5.41) is 29.6. The number of carboxylic acid groups (broad SMARTS) is 2. The number of anilines is 5. The van der Waals surface area contributed by atoms with Crippen LogP contribution in [0.4, 0.5) is 29.1 Å². The molecule has 0 fully saturated rings. The van der Waals surface area contributed by atoms with Gasteiger partial charge in [-0.05, 0) is 18.6 Å². The minimum Gasteiger partial charge on any atom is -0.481 e. The van der Waals surface area contributed by atoms with Crippen molar-refractivity contribution in [2.24, 2.45) is 0 Å². The topological polar surface area (TPSA) is 230 Å². The number of fused-ring (bicyclic) bond motifs is 1. The van der Waals surface area contributed by atoms with Gasteiger partial charge in [-0.15, -0.1) is 0 Å². The number of carbonyl (C=O) groups is 3. The van der Waals surface area contributed by atoms with Gasteiger partial charge in [0.15, 0.2) is 11.6 Å². The first-order valence-electron chi connectivity index (χ1n) is 9.61. The molecule has 0 aliphatic carbocycles. The van der Waals surface area contributed by atoms with Crippen LogP contribution in [0.2, 0.25) is 0 Å². The molecule has 3 rings (SSSR count). The molecule has 0 radical (unpaired) electrons. The van der Waals surface area contributed by atoms with E-state index < -0.39 is 23.9 Å². The summed E-state index contributed by atoms with van der Waals surface area (Å²) in [6, 6.07) is 1.69. The number of nitrogens with one attached hydrogen (secondary N) is 4. The van der Waals surface area contributed by atoms with Crippen molar-refractivity contribution in [1.82, 2.24) is 20.3 Å². The lowest BCUT2D eigenvalue weighted by atomic mass is 10.1. The molecule has 2 atom stereocenters. The lowest BCUT2D eigenvalue weighted by molar-refractivity contribution is -0.140. The molecule has 0 saturated carbocycles. The largest absolute Gasteiger partial charge is 0.481 e. The molecule has 0 saturated heterocycles. The first-order valence-corrected chi connectivity index (χ1v) is 9.61. The van der Waals surface area contributed by atoms with Gasteiger partial charge in [-0.3, -0.25) is 9.59 Å². The van der Waals surface area contributed by atoms with Gasteiger partial charge in [0.25, 0.3) is 5.91 Å². The number of nitrogens with two attached hydrogens (primary N) is 2. The fourth-order valence-electron chi connectivity index (χ4n) is 2.99. The fourth-order valence-corrected chi connectivity index (χ4v) is 2.99. The molecule has 0 bridgehead atoms. The number of nitrogen functional groups attached to an aromatic ring is 2. The average molecular weight is 445 g/mol. The SMILES string of the molecule is Nc1nc(N)c2c(n1)NCC(CNc1ccc(C(=O)NC(CCC(=O)O)C(=O)O)cn1)N2. The molecule has 14 nitrogen and oxygen atoms in total. The highest BCUT2D eigenvalue weighted by atomic mass is 16.4. The highest BCUT2D eigenvalue weighted by molar-refractivity contribution is 5.96. The first-order chi connectivity index (χ1) is 15.2. The van der Waals surface area contributed by atoms with E-state index in [1.807, 2.05) is 0 Å². The Kier molecular flexibility index (Phi) is 6.72. The van der Waals surface area contributed by atoms with E-state index in [1.165, 1.54) is 12.3 Å². The summed E-state index contributed by atoms with van der Waals surface area (Å²) >= 11 is 0. The number of rotatable bonds is 9. The molecule has 2 aromatic heterocycles. The zero-order valence-corrected chi connectivity index (χ0v) is 16.8. The standard InChI is InChI=1S/C18H23N9O5/c19-14-13-15(27-18(20)26-14)23-7-9(24-13)6-22-11-3-1-8(5-21-11)16(30)25-10(17(31)32)2-4-12(28)29/h1,3,5,9-10,24H,2,4,6-7H2,(H,21,22)(H,25,30)(H,28,29)(H,31,32)(H5,19,20,23,26,27). The molecular formula is C18H23N9O5. The molecule has 0 spiro atoms. The predicted octanol–water partition coefficient (Wildman–Crippen LogP) is -0.598. The Morgan fingerprint density at radius 3 is 2.66 bits per heavy atom. The third kappa shape index (κ3) is 5.62. The molecule has 170 valence electrons. The minimum atomic E-state index is -1.31. The van der Waals surface area contributed by atoms with Crippen molar-refractivity contribution in [2.75, 3.05) is 40.5 Å². The number of pyridine rings is 1. The zero-order valence-electron chi connectivity index (χ0n) is 16.8. The van der Waals surface area contributed by atoms with Crippen molar-refractivity contribution < 1.29 is 24.6 Å². The van der Waals surface area contributed by atoms with Gasteiger partial charge in [-0.2, -0.15) is 9.97 Å². The van der Waals surface area contributed by atoms with Crippen LogP contribution < -0.4 is 32.7 Å². The van der Waals surface area contributed by atoms with Crippen LogP contribution in [-0.2, 0) is 9.59 Å². The monoisotopic (exact) mass is 445 g/mol. The van der Waals surface area contributed by atoms with Crippen molar-refractivity contribution in [2.45, 2.75) is 24.9 Å². The number of nitrogens with zero attached hydrogens (tertiary/aromatic N) is 3. The summed E-state index contributed by atoms with van der Waals surface area (Å²) in [6.07, 6.45) is 0.694. The van der Waals surface area contributed by atoms with E-state index in [0.29, 0.717) is 30.4 Å². The number of hydrogen-bond donors (Lipinski definition) is 8. The van der Waals surface area contributed by atoms with Crippen LogP contribution in [0.5, 0.6) is 0 Å². The van der Waals surface area contributed by atoms with E-state index in [4.69, 9.17) is 21.7 Å². The van der Waals surface area contributed by atoms with E-state index >= 15 is 0 Å². The van der Waals surface area contributed by atoms with Crippen LogP contribution in [0.1, 0.15) is 23.2 Å². The molecule has 1 aliphatic rings. The number of carbonyl (C=O) groups excluding carboxylic acids is 1. The Labute approximate surface area is 181 Å². The van der Waals surface area contributed by atoms with Crippen molar-refractivity contribution in [3.05, 3.63) is 23.9 Å². The van der Waals surface area contributed by atoms with Crippen LogP contribution in [0.15, 0.2) is 18.3 Å². The van der Waals surface area contributed by atoms with Crippen molar-refractivity contribution >= 4 is 46.9 Å². The van der Waals surface area contributed by atoms with Gasteiger partial charge >= 0.3 is 11.9 Å². The van der Waals surface area contributed by atoms with Crippen LogP contribution in [0.3, 0.4) is 0 Å². The van der Waals surface area contributed by atoms with Gasteiger partial charge < -0.3 is 42.9 Å². The fraction of sp³-hybridized carbons (Fsp3) is 0.333. The number of carboxylic acids is 2. The van der Waals surface area contributed by atoms with Gasteiger partial charge in [0.1, 0.15) is 17.5 Å². The number of hydrogen-bond acceptors (Lipinski definition) is 11. The Morgan fingerprint density at radius 1 is 1.22 bits per heavy atom. The zero-order chi connectivity index (χ0) is 23.3. The molecule has 14 heteroatoms. The van der Waals surface area contributed by atoms with E-state index in [9.17, 15) is 14.4 Å². The van der Waals surface area contributed by atoms with Crippen LogP contribution in [0.25, 0.3) is 0 Å². The van der Waals surface area contributed by atoms with Gasteiger partial charge in [-0.25, -0.2) is 9.78 Å². The Hall–Kier alpha value is -4.36. The van der Waals surface area contributed by atoms with Gasteiger partial charge in [0, 0.05) is 25.7 Å². The first kappa shape index (κ1) is 22.3. The highest BCUT2D eigenvalue weighted by Gasteiger charge is 2.23. The molecular weight excluding hydrogens is 422 g/mol. The lowest BCUT2D eigenvalue weighted by Gasteiger charge is -2.28. The third-order valence-corrected chi connectivity index (χ3v) is 4.62. The number of aliphatic carboxylic acids is 2. The summed E-state index contributed by atoms with van der Waals surface area (Å²) in [5.41, 5.74) is 12.2.